The number of nitrogens with zero attached hydrogens (tertiary/aromatic N) is 1. The number of carbonyl (C=O) groups excluding carboxylic acids is 1. The lowest BCUT2D eigenvalue weighted by Gasteiger charge is -2.25. The molecular formula is C14H19N2O4P. The number of carboxylic acids is 1. The molecule has 0 radical (unpaired) electrons. The smallest absolute Gasteiger partial charge is 0.326 e. The summed E-state index contributed by atoms with van der Waals surface area (Å²) in [5, 5.41) is 12.6. The zero-order valence-electron chi connectivity index (χ0n) is 11.8. The van der Waals surface area contributed by atoms with Crippen LogP contribution in [0.5, 0.6) is 0 Å². The number of rotatable bonds is 5. The van der Waals surface area contributed by atoms with Crippen molar-refractivity contribution < 1.29 is 19.3 Å². The lowest BCUT2D eigenvalue weighted by molar-refractivity contribution is -0.148. The van der Waals surface area contributed by atoms with E-state index in [2.05, 4.69) is 5.09 Å². The molecule has 1 aromatic carbocycles. The third-order valence-electron chi connectivity index (χ3n) is 3.57. The van der Waals surface area contributed by atoms with Crippen LogP contribution in [0.2, 0.25) is 0 Å². The zero-order valence-corrected chi connectivity index (χ0v) is 12.8. The van der Waals surface area contributed by atoms with Gasteiger partial charge in [0.1, 0.15) is 6.04 Å². The van der Waals surface area contributed by atoms with Gasteiger partial charge in [-0.2, -0.15) is 0 Å². The van der Waals surface area contributed by atoms with Crippen LogP contribution in [0.3, 0.4) is 0 Å². The first kappa shape index (κ1) is 15.7. The molecule has 1 amide bonds. The second-order valence-corrected chi connectivity index (χ2v) is 6.61. The Morgan fingerprint density at radius 1 is 1.38 bits per heavy atom. The van der Waals surface area contributed by atoms with Gasteiger partial charge in [0.2, 0.25) is 5.91 Å². The normalized spacial score (nSPS) is 21.0. The summed E-state index contributed by atoms with van der Waals surface area (Å²) in [5.41, 5.74) is 0. The number of nitrogens with one attached hydrogen (secondary N) is 1. The topological polar surface area (TPSA) is 86.7 Å². The van der Waals surface area contributed by atoms with Crippen LogP contribution in [0.4, 0.5) is 0 Å². The standard InChI is InChI=1S/C14H19N2O4P/c1-10(15-21(20)11-6-3-2-4-7-11)13(17)16-9-5-8-12(16)14(18)19/h2-4,6-7,10,12,21H,5,8-9H2,1H3,(H,15,20)(H,18,19)/t10-,12-/m0/s1. The first-order valence-electron chi connectivity index (χ1n) is 6.90. The summed E-state index contributed by atoms with van der Waals surface area (Å²) in [6, 6.07) is 7.44. The lowest BCUT2D eigenvalue weighted by Crippen LogP contribution is -2.48. The first-order valence-corrected chi connectivity index (χ1v) is 8.30. The van der Waals surface area contributed by atoms with Crippen molar-refractivity contribution in [1.29, 1.82) is 0 Å². The maximum absolute atomic E-state index is 12.3. The molecule has 6 nitrogen and oxygen atoms in total. The van der Waals surface area contributed by atoms with Crippen LogP contribution in [0.15, 0.2) is 30.3 Å². The molecule has 2 N–H and O–H groups in total. The Labute approximate surface area is 124 Å². The molecule has 114 valence electrons. The molecule has 1 aliphatic heterocycles. The molecule has 0 saturated carbocycles. The number of amides is 1. The van der Waals surface area contributed by atoms with E-state index >= 15 is 0 Å². The molecule has 1 heterocycles. The number of aliphatic carboxylic acids is 1. The molecule has 0 aliphatic carbocycles. The highest BCUT2D eigenvalue weighted by atomic mass is 31.1. The fraction of sp³-hybridized carbons (Fsp3) is 0.429. The van der Waals surface area contributed by atoms with Gasteiger partial charge < -0.3 is 14.6 Å². The van der Waals surface area contributed by atoms with E-state index in [0.717, 1.165) is 0 Å². The van der Waals surface area contributed by atoms with Crippen molar-refractivity contribution in [2.24, 2.45) is 0 Å². The third-order valence-corrected chi connectivity index (χ3v) is 5.13. The van der Waals surface area contributed by atoms with Gasteiger partial charge in [-0.15, -0.1) is 0 Å². The Morgan fingerprint density at radius 2 is 2.05 bits per heavy atom. The van der Waals surface area contributed by atoms with E-state index in [-0.39, 0.29) is 5.91 Å². The number of hydrogen-bond acceptors (Lipinski definition) is 3. The third kappa shape index (κ3) is 3.71. The predicted octanol–water partition coefficient (Wildman–Crippen LogP) is 0.840. The summed E-state index contributed by atoms with van der Waals surface area (Å²) in [7, 11) is -2.27. The van der Waals surface area contributed by atoms with Crippen LogP contribution in [-0.2, 0) is 14.2 Å². The Bertz CT molecular complexity index is 549. The average molecular weight is 310 g/mol. The van der Waals surface area contributed by atoms with Crippen LogP contribution in [-0.4, -0.2) is 40.5 Å². The van der Waals surface area contributed by atoms with Gasteiger partial charge in [-0.25, -0.2) is 4.79 Å². The van der Waals surface area contributed by atoms with Gasteiger partial charge in [-0.05, 0) is 19.8 Å². The molecule has 1 fully saturated rings. The van der Waals surface area contributed by atoms with Crippen LogP contribution < -0.4 is 10.4 Å². The van der Waals surface area contributed by atoms with E-state index in [1.165, 1.54) is 4.90 Å². The van der Waals surface area contributed by atoms with Crippen molar-refractivity contribution in [3.05, 3.63) is 30.3 Å². The Hall–Kier alpha value is -1.65. The van der Waals surface area contributed by atoms with Gasteiger partial charge >= 0.3 is 5.97 Å². The number of carbonyl (C=O) groups is 2. The number of likely N-dealkylation sites (tertiary alicyclic amines) is 1. The SMILES string of the molecule is C[C@H](N[PH](=O)c1ccccc1)C(=O)N1CCC[C@H]1C(=O)O. The molecule has 21 heavy (non-hydrogen) atoms. The average Bonchev–Trinajstić information content (AvgIpc) is 2.96. The number of carboxylic acid groups (broad SMARTS) is 1. The minimum atomic E-state index is -2.27. The second-order valence-electron chi connectivity index (χ2n) is 5.09. The van der Waals surface area contributed by atoms with Crippen LogP contribution in [0.1, 0.15) is 19.8 Å². The molecule has 1 saturated heterocycles. The van der Waals surface area contributed by atoms with E-state index in [0.29, 0.717) is 24.7 Å². The molecule has 1 unspecified atom stereocenters. The Kier molecular flexibility index (Phi) is 5.15. The lowest BCUT2D eigenvalue weighted by atomic mass is 10.2. The monoisotopic (exact) mass is 310 g/mol. The van der Waals surface area contributed by atoms with Crippen molar-refractivity contribution in [3.8, 4) is 0 Å². The number of hydrogen-bond donors (Lipinski definition) is 2. The molecule has 0 aromatic heterocycles. The van der Waals surface area contributed by atoms with Gasteiger partial charge in [-0.1, -0.05) is 30.3 Å². The van der Waals surface area contributed by atoms with E-state index in [4.69, 9.17) is 5.11 Å². The van der Waals surface area contributed by atoms with E-state index in [1.54, 1.807) is 31.2 Å². The highest BCUT2D eigenvalue weighted by Crippen LogP contribution is 2.21. The van der Waals surface area contributed by atoms with Crippen molar-refractivity contribution in [1.82, 2.24) is 9.99 Å². The van der Waals surface area contributed by atoms with E-state index in [1.807, 2.05) is 6.07 Å². The molecule has 7 heteroatoms. The fourth-order valence-corrected chi connectivity index (χ4v) is 3.65. The van der Waals surface area contributed by atoms with E-state index < -0.39 is 26.0 Å². The molecular weight excluding hydrogens is 291 g/mol. The summed E-state index contributed by atoms with van der Waals surface area (Å²) in [6.45, 7) is 2.05. The van der Waals surface area contributed by atoms with Crippen molar-refractivity contribution in [3.63, 3.8) is 0 Å². The van der Waals surface area contributed by atoms with Gasteiger partial charge in [-0.3, -0.25) is 9.88 Å². The Morgan fingerprint density at radius 3 is 2.67 bits per heavy atom. The zero-order chi connectivity index (χ0) is 15.4. The minimum Gasteiger partial charge on any atom is -0.480 e. The highest BCUT2D eigenvalue weighted by Gasteiger charge is 2.36. The van der Waals surface area contributed by atoms with Crippen molar-refractivity contribution >= 4 is 25.1 Å². The summed E-state index contributed by atoms with van der Waals surface area (Å²) in [5.74, 6) is -1.29. The van der Waals surface area contributed by atoms with Gasteiger partial charge in [0.25, 0.3) is 0 Å². The molecule has 0 bridgehead atoms. The molecule has 2 rings (SSSR count). The van der Waals surface area contributed by atoms with Crippen LogP contribution in [0.25, 0.3) is 0 Å². The largest absolute Gasteiger partial charge is 0.480 e. The maximum Gasteiger partial charge on any atom is 0.326 e. The van der Waals surface area contributed by atoms with E-state index in [9.17, 15) is 14.2 Å². The van der Waals surface area contributed by atoms with Crippen LogP contribution in [0, 0.1) is 0 Å². The minimum absolute atomic E-state index is 0.311. The quantitative estimate of drug-likeness (QED) is 0.787. The maximum atomic E-state index is 12.3. The van der Waals surface area contributed by atoms with Gasteiger partial charge in [0.15, 0.2) is 7.95 Å². The molecule has 1 aliphatic rings. The molecule has 1 aromatic rings. The predicted molar refractivity (Wildman–Crippen MR) is 80.0 cm³/mol. The summed E-state index contributed by atoms with van der Waals surface area (Å²) < 4.78 is 12.2. The van der Waals surface area contributed by atoms with Gasteiger partial charge in [0, 0.05) is 11.8 Å². The van der Waals surface area contributed by atoms with Crippen molar-refractivity contribution in [2.75, 3.05) is 6.54 Å². The highest BCUT2D eigenvalue weighted by molar-refractivity contribution is 7.51. The second kappa shape index (κ2) is 6.87. The summed E-state index contributed by atoms with van der Waals surface area (Å²) >= 11 is 0. The number of benzene rings is 1. The van der Waals surface area contributed by atoms with Crippen LogP contribution >= 0.6 is 7.95 Å². The summed E-state index contributed by atoms with van der Waals surface area (Å²) in [6.07, 6.45) is 1.16. The first-order chi connectivity index (χ1) is 10.0. The van der Waals surface area contributed by atoms with Gasteiger partial charge in [0.05, 0.1) is 6.04 Å². The molecule has 3 atom stereocenters. The Balaban J connectivity index is 2.00. The molecule has 0 spiro atoms. The summed E-state index contributed by atoms with van der Waals surface area (Å²) in [4.78, 5) is 24.8. The fourth-order valence-electron chi connectivity index (χ4n) is 2.47. The van der Waals surface area contributed by atoms with Crippen molar-refractivity contribution in [2.45, 2.75) is 31.8 Å².